The number of anilines is 1. The third-order valence-corrected chi connectivity index (χ3v) is 2.65. The van der Waals surface area contributed by atoms with E-state index in [0.29, 0.717) is 12.1 Å². The molecule has 0 unspecified atom stereocenters. The van der Waals surface area contributed by atoms with Crippen molar-refractivity contribution in [3.8, 4) is 0 Å². The second-order valence-electron chi connectivity index (χ2n) is 4.04. The summed E-state index contributed by atoms with van der Waals surface area (Å²) in [4.78, 5) is 10.9. The third-order valence-electron chi connectivity index (χ3n) is 2.65. The molecule has 0 aromatic heterocycles. The van der Waals surface area contributed by atoms with Crippen LogP contribution in [0.15, 0.2) is 42.5 Å². The van der Waals surface area contributed by atoms with Crippen LogP contribution in [0.3, 0.4) is 0 Å². The van der Waals surface area contributed by atoms with Gasteiger partial charge >= 0.3 is 0 Å². The Labute approximate surface area is 109 Å². The minimum absolute atomic E-state index is 0.223. The second kappa shape index (κ2) is 5.48. The van der Waals surface area contributed by atoms with E-state index in [1.54, 1.807) is 24.3 Å². The predicted molar refractivity (Wildman–Crippen MR) is 68.6 cm³/mol. The number of benzene rings is 2. The highest BCUT2D eigenvalue weighted by Gasteiger charge is 2.04. The smallest absolute Gasteiger partial charge is 0.248 e. The molecule has 0 saturated carbocycles. The van der Waals surface area contributed by atoms with Gasteiger partial charge in [0.1, 0.15) is 11.6 Å². The Morgan fingerprint density at radius 3 is 2.37 bits per heavy atom. The fourth-order valence-corrected chi connectivity index (χ4v) is 1.62. The molecule has 0 aliphatic carbocycles. The van der Waals surface area contributed by atoms with Gasteiger partial charge in [0.05, 0.1) is 5.69 Å². The SMILES string of the molecule is NC(=O)c1ccc(CNc2ccc(F)cc2F)cc1. The van der Waals surface area contributed by atoms with Crippen LogP contribution in [0, 0.1) is 11.6 Å². The van der Waals surface area contributed by atoms with E-state index in [4.69, 9.17) is 5.73 Å². The summed E-state index contributed by atoms with van der Waals surface area (Å²) in [5.41, 5.74) is 6.61. The molecule has 98 valence electrons. The van der Waals surface area contributed by atoms with E-state index in [1.165, 1.54) is 12.1 Å². The Hall–Kier alpha value is -2.43. The number of nitrogens with one attached hydrogen (secondary N) is 1. The maximum absolute atomic E-state index is 13.4. The van der Waals surface area contributed by atoms with Crippen LogP contribution in [0.2, 0.25) is 0 Å². The standard InChI is InChI=1S/C14H12F2N2O/c15-11-5-6-13(12(16)7-11)18-8-9-1-3-10(4-2-9)14(17)19/h1-7,18H,8H2,(H2,17,19). The van der Waals surface area contributed by atoms with Crippen LogP contribution in [0.5, 0.6) is 0 Å². The summed E-state index contributed by atoms with van der Waals surface area (Å²) in [6.45, 7) is 0.363. The van der Waals surface area contributed by atoms with Crippen molar-refractivity contribution in [3.05, 3.63) is 65.2 Å². The van der Waals surface area contributed by atoms with Crippen LogP contribution >= 0.6 is 0 Å². The average Bonchev–Trinajstić information content (AvgIpc) is 2.38. The lowest BCUT2D eigenvalue weighted by Crippen LogP contribution is -2.10. The van der Waals surface area contributed by atoms with E-state index >= 15 is 0 Å². The largest absolute Gasteiger partial charge is 0.379 e. The number of amides is 1. The van der Waals surface area contributed by atoms with Crippen LogP contribution in [0.1, 0.15) is 15.9 Å². The molecular weight excluding hydrogens is 250 g/mol. The van der Waals surface area contributed by atoms with E-state index in [1.807, 2.05) is 0 Å². The molecule has 2 rings (SSSR count). The minimum Gasteiger partial charge on any atom is -0.379 e. The van der Waals surface area contributed by atoms with Crippen molar-refractivity contribution in [3.63, 3.8) is 0 Å². The van der Waals surface area contributed by atoms with Gasteiger partial charge in [-0.05, 0) is 29.8 Å². The second-order valence-corrected chi connectivity index (χ2v) is 4.04. The first-order chi connectivity index (χ1) is 9.06. The van der Waals surface area contributed by atoms with Crippen molar-refractivity contribution in [2.45, 2.75) is 6.54 Å². The van der Waals surface area contributed by atoms with E-state index in [9.17, 15) is 13.6 Å². The molecule has 0 heterocycles. The number of rotatable bonds is 4. The van der Waals surface area contributed by atoms with Gasteiger partial charge in [0.15, 0.2) is 0 Å². The van der Waals surface area contributed by atoms with Crippen LogP contribution < -0.4 is 11.1 Å². The van der Waals surface area contributed by atoms with Crippen molar-refractivity contribution < 1.29 is 13.6 Å². The van der Waals surface area contributed by atoms with Gasteiger partial charge in [-0.25, -0.2) is 8.78 Å². The first-order valence-electron chi connectivity index (χ1n) is 5.64. The lowest BCUT2D eigenvalue weighted by Gasteiger charge is -2.08. The van der Waals surface area contributed by atoms with Gasteiger partial charge in [-0.2, -0.15) is 0 Å². The highest BCUT2D eigenvalue weighted by molar-refractivity contribution is 5.92. The molecule has 2 aromatic rings. The lowest BCUT2D eigenvalue weighted by molar-refractivity contribution is 0.100. The van der Waals surface area contributed by atoms with Gasteiger partial charge in [-0.3, -0.25) is 4.79 Å². The number of nitrogens with two attached hydrogens (primary N) is 1. The van der Waals surface area contributed by atoms with E-state index in [0.717, 1.165) is 11.6 Å². The van der Waals surface area contributed by atoms with E-state index < -0.39 is 17.5 Å². The molecule has 0 atom stereocenters. The van der Waals surface area contributed by atoms with Crippen molar-refractivity contribution in [2.24, 2.45) is 5.73 Å². The summed E-state index contributed by atoms with van der Waals surface area (Å²) in [5.74, 6) is -1.76. The highest BCUT2D eigenvalue weighted by Crippen LogP contribution is 2.16. The molecular formula is C14H12F2N2O. The number of hydrogen-bond acceptors (Lipinski definition) is 2. The zero-order chi connectivity index (χ0) is 13.8. The van der Waals surface area contributed by atoms with E-state index in [-0.39, 0.29) is 5.69 Å². The summed E-state index contributed by atoms with van der Waals surface area (Å²) >= 11 is 0. The molecule has 0 spiro atoms. The van der Waals surface area contributed by atoms with Crippen LogP contribution in [-0.2, 0) is 6.54 Å². The molecule has 2 aromatic carbocycles. The van der Waals surface area contributed by atoms with Crippen molar-refractivity contribution in [1.82, 2.24) is 0 Å². The molecule has 3 nitrogen and oxygen atoms in total. The van der Waals surface area contributed by atoms with Crippen molar-refractivity contribution in [1.29, 1.82) is 0 Å². The molecule has 0 radical (unpaired) electrons. The van der Waals surface area contributed by atoms with Gasteiger partial charge < -0.3 is 11.1 Å². The molecule has 19 heavy (non-hydrogen) atoms. The van der Waals surface area contributed by atoms with Gasteiger partial charge in [0.2, 0.25) is 5.91 Å². The van der Waals surface area contributed by atoms with E-state index in [2.05, 4.69) is 5.32 Å². The topological polar surface area (TPSA) is 55.1 Å². The molecule has 3 N–H and O–H groups in total. The maximum atomic E-state index is 13.4. The quantitative estimate of drug-likeness (QED) is 0.890. The predicted octanol–water partition coefficient (Wildman–Crippen LogP) is 2.68. The highest BCUT2D eigenvalue weighted by atomic mass is 19.1. The van der Waals surface area contributed by atoms with Crippen LogP contribution in [-0.4, -0.2) is 5.91 Å². The minimum atomic E-state index is -0.645. The fraction of sp³-hybridized carbons (Fsp3) is 0.0714. The Morgan fingerprint density at radius 1 is 1.11 bits per heavy atom. The van der Waals surface area contributed by atoms with Gasteiger partial charge in [-0.1, -0.05) is 12.1 Å². The van der Waals surface area contributed by atoms with Gasteiger partial charge in [0.25, 0.3) is 0 Å². The summed E-state index contributed by atoms with van der Waals surface area (Å²) in [6.07, 6.45) is 0. The first kappa shape index (κ1) is 13.0. The van der Waals surface area contributed by atoms with Crippen molar-refractivity contribution >= 4 is 11.6 Å². The van der Waals surface area contributed by atoms with Crippen LogP contribution in [0.4, 0.5) is 14.5 Å². The summed E-state index contributed by atoms with van der Waals surface area (Å²) < 4.78 is 26.1. The number of primary amides is 1. The molecule has 0 bridgehead atoms. The summed E-state index contributed by atoms with van der Waals surface area (Å²) in [5, 5.41) is 2.85. The summed E-state index contributed by atoms with van der Waals surface area (Å²) in [7, 11) is 0. The summed E-state index contributed by atoms with van der Waals surface area (Å²) in [6, 6.07) is 9.96. The monoisotopic (exact) mass is 262 g/mol. The molecule has 0 aliphatic rings. The zero-order valence-electron chi connectivity index (χ0n) is 9.99. The molecule has 0 fully saturated rings. The Morgan fingerprint density at radius 2 is 1.79 bits per heavy atom. The Bertz CT molecular complexity index is 597. The van der Waals surface area contributed by atoms with Crippen LogP contribution in [0.25, 0.3) is 0 Å². The van der Waals surface area contributed by atoms with Gasteiger partial charge in [-0.15, -0.1) is 0 Å². The normalized spacial score (nSPS) is 10.2. The number of carbonyl (C=O) groups is 1. The lowest BCUT2D eigenvalue weighted by atomic mass is 10.1. The number of carbonyl (C=O) groups excluding carboxylic acids is 1. The van der Waals surface area contributed by atoms with Crippen molar-refractivity contribution in [2.75, 3.05) is 5.32 Å². The third kappa shape index (κ3) is 3.28. The van der Waals surface area contributed by atoms with Gasteiger partial charge in [0, 0.05) is 18.2 Å². The first-order valence-corrected chi connectivity index (χ1v) is 5.64. The molecule has 0 aliphatic heterocycles. The molecule has 5 heteroatoms. The zero-order valence-corrected chi connectivity index (χ0v) is 9.99. The number of hydrogen-bond donors (Lipinski definition) is 2. The Kier molecular flexibility index (Phi) is 3.75. The molecule has 0 saturated heterocycles. The molecule has 1 amide bonds. The Balaban J connectivity index is 2.04. The number of halogens is 2. The maximum Gasteiger partial charge on any atom is 0.248 e. The fourth-order valence-electron chi connectivity index (χ4n) is 1.62. The average molecular weight is 262 g/mol.